The Morgan fingerprint density at radius 1 is 1.10 bits per heavy atom. The van der Waals surface area contributed by atoms with E-state index in [0.29, 0.717) is 5.92 Å². The first-order valence-corrected chi connectivity index (χ1v) is 7.84. The molecule has 0 bridgehead atoms. The first-order valence-electron chi connectivity index (χ1n) is 7.84. The summed E-state index contributed by atoms with van der Waals surface area (Å²) in [7, 11) is 0. The zero-order valence-electron chi connectivity index (χ0n) is 13.6. The Kier molecular flexibility index (Phi) is 5.51. The molecule has 0 saturated carbocycles. The number of benzene rings is 1. The van der Waals surface area contributed by atoms with E-state index in [2.05, 4.69) is 68.3 Å². The van der Waals surface area contributed by atoms with Crippen molar-refractivity contribution in [3.8, 4) is 0 Å². The fourth-order valence-electron chi connectivity index (χ4n) is 2.74. The Morgan fingerprint density at radius 3 is 2.57 bits per heavy atom. The average Bonchev–Trinajstić information content (AvgIpc) is 2.44. The van der Waals surface area contributed by atoms with E-state index in [1.807, 2.05) is 12.4 Å². The molecule has 0 radical (unpaired) electrons. The Morgan fingerprint density at radius 2 is 1.90 bits per heavy atom. The lowest BCUT2D eigenvalue weighted by Crippen LogP contribution is -2.22. The minimum absolute atomic E-state index is 0.217. The van der Waals surface area contributed by atoms with E-state index in [-0.39, 0.29) is 6.04 Å². The number of nitrogens with one attached hydrogen (secondary N) is 1. The van der Waals surface area contributed by atoms with Crippen LogP contribution in [0.2, 0.25) is 0 Å². The van der Waals surface area contributed by atoms with Gasteiger partial charge in [0.25, 0.3) is 0 Å². The third kappa shape index (κ3) is 4.40. The molecule has 2 heteroatoms. The lowest BCUT2D eigenvalue weighted by molar-refractivity contribution is 0.621. The van der Waals surface area contributed by atoms with E-state index < -0.39 is 0 Å². The fourth-order valence-corrected chi connectivity index (χ4v) is 2.74. The van der Waals surface area contributed by atoms with Crippen molar-refractivity contribution in [3.05, 3.63) is 65.0 Å². The smallest absolute Gasteiger partial charge is 0.0592 e. The van der Waals surface area contributed by atoms with Gasteiger partial charge in [-0.2, -0.15) is 0 Å². The van der Waals surface area contributed by atoms with Crippen molar-refractivity contribution in [2.45, 2.75) is 40.2 Å². The molecule has 0 aliphatic rings. The molecule has 0 fully saturated rings. The maximum Gasteiger partial charge on any atom is 0.0592 e. The first-order chi connectivity index (χ1) is 10.1. The van der Waals surface area contributed by atoms with Crippen LogP contribution in [0.15, 0.2) is 42.7 Å². The largest absolute Gasteiger partial charge is 0.306 e. The van der Waals surface area contributed by atoms with Crippen molar-refractivity contribution >= 4 is 0 Å². The van der Waals surface area contributed by atoms with Gasteiger partial charge in [0.15, 0.2) is 0 Å². The molecule has 0 amide bonds. The highest BCUT2D eigenvalue weighted by molar-refractivity contribution is 5.34. The van der Waals surface area contributed by atoms with Crippen LogP contribution in [-0.2, 0) is 6.42 Å². The molecule has 0 spiro atoms. The van der Waals surface area contributed by atoms with Crippen LogP contribution in [0.4, 0.5) is 0 Å². The van der Waals surface area contributed by atoms with Gasteiger partial charge >= 0.3 is 0 Å². The quantitative estimate of drug-likeness (QED) is 0.855. The minimum Gasteiger partial charge on any atom is -0.306 e. The summed E-state index contributed by atoms with van der Waals surface area (Å²) in [6.45, 7) is 9.70. The molecule has 1 aromatic carbocycles. The van der Waals surface area contributed by atoms with Gasteiger partial charge in [-0.25, -0.2) is 0 Å². The maximum atomic E-state index is 4.34. The number of hydrogen-bond acceptors (Lipinski definition) is 2. The molecule has 21 heavy (non-hydrogen) atoms. The molecule has 1 heterocycles. The monoisotopic (exact) mass is 282 g/mol. The van der Waals surface area contributed by atoms with Crippen molar-refractivity contribution in [2.75, 3.05) is 6.54 Å². The van der Waals surface area contributed by atoms with E-state index in [4.69, 9.17) is 0 Å². The van der Waals surface area contributed by atoms with Crippen molar-refractivity contribution in [3.63, 3.8) is 0 Å². The predicted molar refractivity (Wildman–Crippen MR) is 89.5 cm³/mol. The summed E-state index contributed by atoms with van der Waals surface area (Å²) in [4.78, 5) is 4.34. The molecule has 2 nitrogen and oxygen atoms in total. The second kappa shape index (κ2) is 7.37. The number of hydrogen-bond donors (Lipinski definition) is 1. The van der Waals surface area contributed by atoms with Crippen LogP contribution < -0.4 is 5.32 Å². The molecule has 0 saturated heterocycles. The molecule has 0 aliphatic carbocycles. The summed E-state index contributed by atoms with van der Waals surface area (Å²) in [6, 6.07) is 11.4. The van der Waals surface area contributed by atoms with E-state index in [1.165, 1.54) is 22.3 Å². The van der Waals surface area contributed by atoms with Gasteiger partial charge in [-0.1, -0.05) is 51.1 Å². The molecular weight excluding hydrogens is 256 g/mol. The summed E-state index contributed by atoms with van der Waals surface area (Å²) in [5.74, 6) is 0.679. The van der Waals surface area contributed by atoms with E-state index in [1.54, 1.807) is 0 Å². The van der Waals surface area contributed by atoms with Crippen LogP contribution in [0.25, 0.3) is 0 Å². The van der Waals surface area contributed by atoms with Crippen molar-refractivity contribution < 1.29 is 0 Å². The van der Waals surface area contributed by atoms with Gasteiger partial charge in [0, 0.05) is 12.4 Å². The SMILES string of the molecule is CCNC(c1cncc(C)c1)c1cccc(CC(C)C)c1. The molecular formula is C19H26N2. The van der Waals surface area contributed by atoms with Crippen LogP contribution in [0.3, 0.4) is 0 Å². The highest BCUT2D eigenvalue weighted by Crippen LogP contribution is 2.23. The fraction of sp³-hybridized carbons (Fsp3) is 0.421. The Hall–Kier alpha value is -1.67. The second-order valence-corrected chi connectivity index (χ2v) is 6.13. The minimum atomic E-state index is 0.217. The maximum absolute atomic E-state index is 4.34. The third-order valence-electron chi connectivity index (χ3n) is 3.57. The van der Waals surface area contributed by atoms with Gasteiger partial charge in [-0.05, 0) is 48.1 Å². The molecule has 1 atom stereocenters. The zero-order valence-corrected chi connectivity index (χ0v) is 13.6. The molecule has 1 unspecified atom stereocenters. The van der Waals surface area contributed by atoms with Gasteiger partial charge in [0.05, 0.1) is 6.04 Å². The van der Waals surface area contributed by atoms with Gasteiger partial charge < -0.3 is 5.32 Å². The molecule has 0 aliphatic heterocycles. The topological polar surface area (TPSA) is 24.9 Å². The van der Waals surface area contributed by atoms with Gasteiger partial charge in [-0.3, -0.25) is 4.98 Å². The highest BCUT2D eigenvalue weighted by Gasteiger charge is 2.14. The summed E-state index contributed by atoms with van der Waals surface area (Å²) in [5, 5.41) is 3.58. The van der Waals surface area contributed by atoms with Gasteiger partial charge in [-0.15, -0.1) is 0 Å². The van der Waals surface area contributed by atoms with Gasteiger partial charge in [0.1, 0.15) is 0 Å². The third-order valence-corrected chi connectivity index (χ3v) is 3.57. The molecule has 112 valence electrons. The van der Waals surface area contributed by atoms with E-state index in [0.717, 1.165) is 13.0 Å². The number of nitrogens with zero attached hydrogens (tertiary/aromatic N) is 1. The summed E-state index contributed by atoms with van der Waals surface area (Å²) in [5.41, 5.74) is 5.17. The predicted octanol–water partition coefficient (Wildman–Crippen LogP) is 4.29. The van der Waals surface area contributed by atoms with Crippen molar-refractivity contribution in [1.29, 1.82) is 0 Å². The molecule has 1 N–H and O–H groups in total. The number of aromatic nitrogens is 1. The number of rotatable bonds is 6. The normalized spacial score (nSPS) is 12.6. The molecule has 2 rings (SSSR count). The van der Waals surface area contributed by atoms with Crippen molar-refractivity contribution in [2.24, 2.45) is 5.92 Å². The number of aryl methyl sites for hydroxylation is 1. The first kappa shape index (κ1) is 15.7. The molecule has 1 aromatic heterocycles. The molecule has 2 aromatic rings. The average molecular weight is 282 g/mol. The lowest BCUT2D eigenvalue weighted by Gasteiger charge is -2.20. The van der Waals surface area contributed by atoms with Crippen LogP contribution in [0, 0.1) is 12.8 Å². The highest BCUT2D eigenvalue weighted by atomic mass is 14.9. The van der Waals surface area contributed by atoms with Crippen molar-refractivity contribution in [1.82, 2.24) is 10.3 Å². The van der Waals surface area contributed by atoms with Crippen LogP contribution in [-0.4, -0.2) is 11.5 Å². The summed E-state index contributed by atoms with van der Waals surface area (Å²) >= 11 is 0. The zero-order chi connectivity index (χ0) is 15.2. The standard InChI is InChI=1S/C19H26N2/c1-5-21-19(18-10-15(4)12-20-13-18)17-8-6-7-16(11-17)9-14(2)3/h6-8,10-14,19,21H,5,9H2,1-4H3. The Balaban J connectivity index is 2.34. The Bertz CT molecular complexity index is 575. The summed E-state index contributed by atoms with van der Waals surface area (Å²) < 4.78 is 0. The van der Waals surface area contributed by atoms with Crippen LogP contribution >= 0.6 is 0 Å². The van der Waals surface area contributed by atoms with Gasteiger partial charge in [0.2, 0.25) is 0 Å². The van der Waals surface area contributed by atoms with E-state index in [9.17, 15) is 0 Å². The number of pyridine rings is 1. The second-order valence-electron chi connectivity index (χ2n) is 6.13. The Labute approximate surface area is 128 Å². The van der Waals surface area contributed by atoms with Crippen LogP contribution in [0.1, 0.15) is 49.1 Å². The van der Waals surface area contributed by atoms with Crippen LogP contribution in [0.5, 0.6) is 0 Å². The van der Waals surface area contributed by atoms with E-state index >= 15 is 0 Å². The lowest BCUT2D eigenvalue weighted by atomic mass is 9.95. The summed E-state index contributed by atoms with van der Waals surface area (Å²) in [6.07, 6.45) is 5.00.